The first-order valence-electron chi connectivity index (χ1n) is 7.99. The maximum atomic E-state index is 11.3. The molecule has 7 heteroatoms. The number of benzene rings is 2. The molecule has 0 N–H and O–H groups in total. The van der Waals surface area contributed by atoms with Crippen molar-refractivity contribution in [2.24, 2.45) is 0 Å². The van der Waals surface area contributed by atoms with Crippen LogP contribution in [0.5, 0.6) is 11.5 Å². The van der Waals surface area contributed by atoms with Crippen LogP contribution in [0.4, 0.5) is 5.69 Å². The molecule has 3 rings (SSSR count). The number of non-ortho nitro benzene ring substituents is 1. The first kappa shape index (κ1) is 17.5. The van der Waals surface area contributed by atoms with Crippen LogP contribution in [0.2, 0.25) is 0 Å². The monoisotopic (exact) mass is 355 g/mol. The van der Waals surface area contributed by atoms with Crippen molar-refractivity contribution in [2.75, 3.05) is 13.9 Å². The Balaban J connectivity index is 1.88. The largest absolute Gasteiger partial charge is 0.469 e. The number of hydrogen-bond acceptors (Lipinski definition) is 6. The summed E-state index contributed by atoms with van der Waals surface area (Å²) in [6.07, 6.45) is 4.30. The molecule has 1 aliphatic heterocycles. The smallest absolute Gasteiger partial charge is 0.305 e. The summed E-state index contributed by atoms with van der Waals surface area (Å²) in [5, 5.41) is 11.3. The predicted molar refractivity (Wildman–Crippen MR) is 94.9 cm³/mol. The first-order valence-corrected chi connectivity index (χ1v) is 7.99. The van der Waals surface area contributed by atoms with E-state index in [1.54, 1.807) is 24.3 Å². The summed E-state index contributed by atoms with van der Waals surface area (Å²) < 4.78 is 15.2. The molecule has 0 aromatic heterocycles. The van der Waals surface area contributed by atoms with Crippen LogP contribution in [0.25, 0.3) is 17.2 Å². The molecule has 0 radical (unpaired) electrons. The SMILES string of the molecule is COC(=O)CCC=Cc1cc(-c2ccc3c(c2)OCO3)cc([N+](=O)[O-])c1. The third kappa shape index (κ3) is 4.00. The number of rotatable bonds is 6. The topological polar surface area (TPSA) is 87.9 Å². The molecule has 2 aromatic rings. The van der Waals surface area contributed by atoms with Gasteiger partial charge in [-0.05, 0) is 41.3 Å². The zero-order chi connectivity index (χ0) is 18.5. The van der Waals surface area contributed by atoms with Gasteiger partial charge in [0.15, 0.2) is 11.5 Å². The van der Waals surface area contributed by atoms with Gasteiger partial charge in [-0.1, -0.05) is 18.2 Å². The molecule has 0 atom stereocenters. The maximum absolute atomic E-state index is 11.3. The summed E-state index contributed by atoms with van der Waals surface area (Å²) in [6, 6.07) is 10.3. The number of allylic oxidation sites excluding steroid dienone is 1. The Labute approximate surface area is 150 Å². The molecule has 7 nitrogen and oxygen atoms in total. The lowest BCUT2D eigenvalue weighted by molar-refractivity contribution is -0.384. The minimum atomic E-state index is -0.428. The molecular weight excluding hydrogens is 338 g/mol. The van der Waals surface area contributed by atoms with Gasteiger partial charge in [0.05, 0.1) is 12.0 Å². The average Bonchev–Trinajstić information content (AvgIpc) is 3.12. The zero-order valence-electron chi connectivity index (χ0n) is 14.1. The zero-order valence-corrected chi connectivity index (χ0v) is 14.1. The second-order valence-electron chi connectivity index (χ2n) is 5.66. The van der Waals surface area contributed by atoms with Crippen LogP contribution in [0.15, 0.2) is 42.5 Å². The van der Waals surface area contributed by atoms with Crippen LogP contribution in [-0.4, -0.2) is 24.8 Å². The Morgan fingerprint density at radius 1 is 1.19 bits per heavy atom. The minimum Gasteiger partial charge on any atom is -0.469 e. The van der Waals surface area contributed by atoms with E-state index in [4.69, 9.17) is 9.47 Å². The highest BCUT2D eigenvalue weighted by atomic mass is 16.7. The predicted octanol–water partition coefficient (Wildman–Crippen LogP) is 3.96. The molecule has 0 saturated carbocycles. The maximum Gasteiger partial charge on any atom is 0.305 e. The average molecular weight is 355 g/mol. The fraction of sp³-hybridized carbons (Fsp3) is 0.211. The molecule has 0 aliphatic carbocycles. The second kappa shape index (κ2) is 7.69. The van der Waals surface area contributed by atoms with Crippen LogP contribution in [-0.2, 0) is 9.53 Å². The third-order valence-corrected chi connectivity index (χ3v) is 3.91. The van der Waals surface area contributed by atoms with Crippen LogP contribution < -0.4 is 9.47 Å². The Hall–Kier alpha value is -3.35. The molecule has 0 bridgehead atoms. The summed E-state index contributed by atoms with van der Waals surface area (Å²) in [7, 11) is 1.34. The lowest BCUT2D eigenvalue weighted by atomic mass is 10.0. The van der Waals surface area contributed by atoms with Gasteiger partial charge in [-0.3, -0.25) is 14.9 Å². The molecule has 0 saturated heterocycles. The molecule has 0 spiro atoms. The van der Waals surface area contributed by atoms with Gasteiger partial charge in [-0.25, -0.2) is 0 Å². The van der Waals surface area contributed by atoms with Gasteiger partial charge >= 0.3 is 5.97 Å². The highest BCUT2D eigenvalue weighted by Gasteiger charge is 2.16. The van der Waals surface area contributed by atoms with Crippen LogP contribution in [0.3, 0.4) is 0 Å². The number of nitro groups is 1. The Morgan fingerprint density at radius 2 is 2.00 bits per heavy atom. The molecule has 0 fully saturated rings. The normalized spacial score (nSPS) is 12.3. The quantitative estimate of drug-likeness (QED) is 0.443. The van der Waals surface area contributed by atoms with E-state index in [1.807, 2.05) is 12.1 Å². The standard InChI is InChI=1S/C19H17NO6/c1-24-19(21)5-3-2-4-13-8-15(10-16(9-13)20(22)23)14-6-7-17-18(11-14)26-12-25-17/h2,4,6-11H,3,5,12H2,1H3. The Morgan fingerprint density at radius 3 is 2.77 bits per heavy atom. The number of hydrogen-bond donors (Lipinski definition) is 0. The number of ether oxygens (including phenoxy) is 3. The fourth-order valence-corrected chi connectivity index (χ4v) is 2.60. The van der Waals surface area contributed by atoms with E-state index in [0.717, 1.165) is 5.56 Å². The number of fused-ring (bicyclic) bond motifs is 1. The molecular formula is C19H17NO6. The molecule has 0 unspecified atom stereocenters. The number of methoxy groups -OCH3 is 1. The van der Waals surface area contributed by atoms with Crippen LogP contribution in [0.1, 0.15) is 18.4 Å². The summed E-state index contributed by atoms with van der Waals surface area (Å²) >= 11 is 0. The van der Waals surface area contributed by atoms with Gasteiger partial charge in [0.2, 0.25) is 6.79 Å². The van der Waals surface area contributed by atoms with Crippen molar-refractivity contribution in [2.45, 2.75) is 12.8 Å². The van der Waals surface area contributed by atoms with Gasteiger partial charge < -0.3 is 14.2 Å². The van der Waals surface area contributed by atoms with Gasteiger partial charge in [-0.2, -0.15) is 0 Å². The summed E-state index contributed by atoms with van der Waals surface area (Å²) in [5.74, 6) is 0.973. The van der Waals surface area contributed by atoms with Crippen LogP contribution >= 0.6 is 0 Å². The van der Waals surface area contributed by atoms with Gasteiger partial charge in [-0.15, -0.1) is 0 Å². The van der Waals surface area contributed by atoms with E-state index in [-0.39, 0.29) is 24.9 Å². The summed E-state index contributed by atoms with van der Waals surface area (Å²) in [4.78, 5) is 22.0. The van der Waals surface area contributed by atoms with Crippen molar-refractivity contribution in [1.82, 2.24) is 0 Å². The molecule has 26 heavy (non-hydrogen) atoms. The lowest BCUT2D eigenvalue weighted by Crippen LogP contribution is -1.97. The molecule has 1 heterocycles. The second-order valence-corrected chi connectivity index (χ2v) is 5.66. The van der Waals surface area contributed by atoms with Crippen molar-refractivity contribution < 1.29 is 23.9 Å². The van der Waals surface area contributed by atoms with Gasteiger partial charge in [0.1, 0.15) is 0 Å². The van der Waals surface area contributed by atoms with E-state index in [9.17, 15) is 14.9 Å². The van der Waals surface area contributed by atoms with Gasteiger partial charge in [0, 0.05) is 18.6 Å². The van der Waals surface area contributed by atoms with E-state index < -0.39 is 4.92 Å². The highest BCUT2D eigenvalue weighted by molar-refractivity contribution is 5.73. The van der Waals surface area contributed by atoms with E-state index >= 15 is 0 Å². The summed E-state index contributed by atoms with van der Waals surface area (Å²) in [5.41, 5.74) is 2.16. The Kier molecular flexibility index (Phi) is 5.17. The van der Waals surface area contributed by atoms with E-state index in [0.29, 0.717) is 29.0 Å². The number of carbonyl (C=O) groups excluding carboxylic acids is 1. The first-order chi connectivity index (χ1) is 12.6. The van der Waals surface area contributed by atoms with Crippen molar-refractivity contribution in [1.29, 1.82) is 0 Å². The summed E-state index contributed by atoms with van der Waals surface area (Å²) in [6.45, 7) is 0.169. The van der Waals surface area contributed by atoms with Crippen molar-refractivity contribution in [3.8, 4) is 22.6 Å². The van der Waals surface area contributed by atoms with Crippen molar-refractivity contribution in [3.63, 3.8) is 0 Å². The minimum absolute atomic E-state index is 0.00668. The lowest BCUT2D eigenvalue weighted by Gasteiger charge is -2.05. The van der Waals surface area contributed by atoms with Crippen LogP contribution in [0, 0.1) is 10.1 Å². The number of esters is 1. The number of nitrogens with zero attached hydrogens (tertiary/aromatic N) is 1. The van der Waals surface area contributed by atoms with Crippen molar-refractivity contribution in [3.05, 3.63) is 58.2 Å². The molecule has 1 aliphatic rings. The third-order valence-electron chi connectivity index (χ3n) is 3.91. The van der Waals surface area contributed by atoms with Crippen molar-refractivity contribution >= 4 is 17.7 Å². The molecule has 2 aromatic carbocycles. The Bertz CT molecular complexity index is 874. The van der Waals surface area contributed by atoms with E-state index in [1.165, 1.54) is 19.2 Å². The number of nitro benzene ring substituents is 1. The van der Waals surface area contributed by atoms with Gasteiger partial charge in [0.25, 0.3) is 5.69 Å². The number of carbonyl (C=O) groups is 1. The fourth-order valence-electron chi connectivity index (χ4n) is 2.60. The highest BCUT2D eigenvalue weighted by Crippen LogP contribution is 2.37. The van der Waals surface area contributed by atoms with E-state index in [2.05, 4.69) is 4.74 Å². The molecule has 0 amide bonds. The molecule has 134 valence electrons.